The fraction of sp³-hybridized carbons (Fsp3) is 0.158. The lowest BCUT2D eigenvalue weighted by molar-refractivity contribution is -0.667. The zero-order valence-corrected chi connectivity index (χ0v) is 16.8. The number of halogens is 2. The Hall–Kier alpha value is -2.31. The molecule has 0 aliphatic rings. The van der Waals surface area contributed by atoms with Gasteiger partial charge in [-0.15, -0.1) is 0 Å². The third kappa shape index (κ3) is 4.08. The van der Waals surface area contributed by atoms with Crippen molar-refractivity contribution in [2.24, 2.45) is 7.05 Å². The lowest BCUT2D eigenvalue weighted by Crippen LogP contribution is -3.00. The summed E-state index contributed by atoms with van der Waals surface area (Å²) in [5.74, 6) is 1.11. The first-order chi connectivity index (χ1) is 12.0. The van der Waals surface area contributed by atoms with Crippen molar-refractivity contribution in [1.82, 2.24) is 4.57 Å². The molecule has 5 nitrogen and oxygen atoms in total. The maximum absolute atomic E-state index is 12.6. The first kappa shape index (κ1) is 20.0. The van der Waals surface area contributed by atoms with Gasteiger partial charge in [0, 0.05) is 16.1 Å². The molecule has 2 N–H and O–H groups in total. The first-order valence-corrected chi connectivity index (χ1v) is 8.15. The first-order valence-electron chi connectivity index (χ1n) is 7.77. The summed E-state index contributed by atoms with van der Waals surface area (Å²) in [6, 6.07) is 14.6. The normalized spacial score (nSPS) is 10.3. The standard InChI is InChI=1S/C19H18ClN3O2.BrH/c1-22-17(13-6-8-15(20)9-7-13)11-23(19(22)21)12-18(24)14-4-3-5-16(10-14)25-2;/h3-11,21H,12H2,1-2H3;1H. The molecule has 3 aromatic rings. The number of Topliss-reactive ketones (excluding diaryl/α,β-unsaturated/α-hetero) is 1. The van der Waals surface area contributed by atoms with E-state index in [9.17, 15) is 4.79 Å². The average Bonchev–Trinajstić information content (AvgIpc) is 2.91. The van der Waals surface area contributed by atoms with Crippen molar-refractivity contribution in [3.63, 3.8) is 0 Å². The van der Waals surface area contributed by atoms with Crippen molar-refractivity contribution in [2.45, 2.75) is 6.54 Å². The number of aromatic nitrogens is 2. The Morgan fingerprint density at radius 2 is 1.92 bits per heavy atom. The number of nitrogen functional groups attached to an aromatic ring is 1. The van der Waals surface area contributed by atoms with E-state index < -0.39 is 0 Å². The maximum atomic E-state index is 12.6. The van der Waals surface area contributed by atoms with Gasteiger partial charge in [-0.2, -0.15) is 0 Å². The van der Waals surface area contributed by atoms with Crippen LogP contribution in [0.1, 0.15) is 10.4 Å². The van der Waals surface area contributed by atoms with Crippen LogP contribution in [0, 0.1) is 0 Å². The molecule has 0 amide bonds. The van der Waals surface area contributed by atoms with Gasteiger partial charge in [0.1, 0.15) is 24.2 Å². The Bertz CT molecular complexity index is 923. The molecule has 3 rings (SSSR count). The number of anilines is 1. The maximum Gasteiger partial charge on any atom is 0.355 e. The van der Waals surface area contributed by atoms with Crippen LogP contribution in [0.3, 0.4) is 0 Å². The van der Waals surface area contributed by atoms with Crippen molar-refractivity contribution in [3.05, 3.63) is 65.3 Å². The summed E-state index contributed by atoms with van der Waals surface area (Å²) in [7, 11) is 3.44. The number of hydrogen-bond acceptors (Lipinski definition) is 3. The summed E-state index contributed by atoms with van der Waals surface area (Å²) in [6.45, 7) is 0.153. The van der Waals surface area contributed by atoms with E-state index in [1.807, 2.05) is 42.1 Å². The molecule has 1 aromatic heterocycles. The second kappa shape index (κ2) is 8.38. The predicted molar refractivity (Wildman–Crippen MR) is 97.8 cm³/mol. The van der Waals surface area contributed by atoms with Gasteiger partial charge in [0.2, 0.25) is 0 Å². The molecule has 136 valence electrons. The van der Waals surface area contributed by atoms with Crippen LogP contribution in [0.5, 0.6) is 5.75 Å². The van der Waals surface area contributed by atoms with Gasteiger partial charge >= 0.3 is 5.95 Å². The monoisotopic (exact) mass is 435 g/mol. The molecule has 26 heavy (non-hydrogen) atoms. The average molecular weight is 437 g/mol. The number of nitrogens with zero attached hydrogens (tertiary/aromatic N) is 2. The summed E-state index contributed by atoms with van der Waals surface area (Å²) in [5.41, 5.74) is 8.65. The quantitative estimate of drug-likeness (QED) is 0.456. The topological polar surface area (TPSA) is 61.1 Å². The van der Waals surface area contributed by atoms with Crippen molar-refractivity contribution < 1.29 is 31.1 Å². The minimum Gasteiger partial charge on any atom is -1.00 e. The van der Waals surface area contributed by atoms with Crippen LogP contribution in [0.15, 0.2) is 54.7 Å². The van der Waals surface area contributed by atoms with Gasteiger partial charge in [0.05, 0.1) is 14.2 Å². The van der Waals surface area contributed by atoms with E-state index in [0.29, 0.717) is 22.3 Å². The summed E-state index contributed by atoms with van der Waals surface area (Å²) in [4.78, 5) is 12.6. The molecule has 1 heterocycles. The number of ether oxygens (including phenoxy) is 1. The van der Waals surface area contributed by atoms with E-state index in [-0.39, 0.29) is 29.3 Å². The zero-order valence-electron chi connectivity index (χ0n) is 14.4. The highest BCUT2D eigenvalue weighted by Crippen LogP contribution is 2.22. The summed E-state index contributed by atoms with van der Waals surface area (Å²) < 4.78 is 8.76. The molecule has 0 aliphatic heterocycles. The van der Waals surface area contributed by atoms with Gasteiger partial charge < -0.3 is 21.7 Å². The summed E-state index contributed by atoms with van der Waals surface area (Å²) in [5, 5.41) is 0.673. The van der Waals surface area contributed by atoms with Gasteiger partial charge in [0.25, 0.3) is 0 Å². The fourth-order valence-electron chi connectivity index (χ4n) is 2.67. The van der Waals surface area contributed by atoms with Crippen LogP contribution < -0.4 is 32.0 Å². The number of rotatable bonds is 5. The molecule has 0 fully saturated rings. The minimum atomic E-state index is -0.0381. The Morgan fingerprint density at radius 3 is 2.58 bits per heavy atom. The number of benzene rings is 2. The highest BCUT2D eigenvalue weighted by Gasteiger charge is 2.20. The van der Waals surface area contributed by atoms with Crippen molar-refractivity contribution in [3.8, 4) is 17.0 Å². The summed E-state index contributed by atoms with van der Waals surface area (Å²) >= 11 is 5.95. The highest BCUT2D eigenvalue weighted by molar-refractivity contribution is 6.30. The van der Waals surface area contributed by atoms with E-state index in [1.165, 1.54) is 0 Å². The van der Waals surface area contributed by atoms with Gasteiger partial charge in [-0.1, -0.05) is 23.7 Å². The number of methoxy groups -OCH3 is 1. The molecule has 0 saturated heterocycles. The van der Waals surface area contributed by atoms with E-state index >= 15 is 0 Å². The molecule has 0 unspecified atom stereocenters. The van der Waals surface area contributed by atoms with E-state index in [4.69, 9.17) is 22.1 Å². The number of imidazole rings is 1. The Kier molecular flexibility index (Phi) is 6.45. The number of ketones is 1. The van der Waals surface area contributed by atoms with Crippen LogP contribution in [-0.2, 0) is 13.6 Å². The SMILES string of the molecule is COc1cccc(C(=O)C[n+]2cc(-c3ccc(Cl)cc3)n(C)c2N)c1.[Br-]. The molecule has 0 bridgehead atoms. The number of carbonyl (C=O) groups excluding carboxylic acids is 1. The van der Waals surface area contributed by atoms with Crippen molar-refractivity contribution >= 4 is 23.3 Å². The number of carbonyl (C=O) groups is 1. The lowest BCUT2D eigenvalue weighted by Gasteiger charge is -2.03. The zero-order chi connectivity index (χ0) is 18.0. The van der Waals surface area contributed by atoms with E-state index in [2.05, 4.69) is 0 Å². The molecule has 0 aliphatic carbocycles. The van der Waals surface area contributed by atoms with Crippen LogP contribution in [0.4, 0.5) is 5.95 Å². The Balaban J connectivity index is 0.00000243. The van der Waals surface area contributed by atoms with E-state index in [1.54, 1.807) is 35.9 Å². The second-order valence-electron chi connectivity index (χ2n) is 5.72. The van der Waals surface area contributed by atoms with Crippen LogP contribution in [-0.4, -0.2) is 17.5 Å². The van der Waals surface area contributed by atoms with Crippen LogP contribution in [0.2, 0.25) is 5.02 Å². The fourth-order valence-corrected chi connectivity index (χ4v) is 2.80. The molecule has 0 spiro atoms. The molecule has 0 radical (unpaired) electrons. The minimum absolute atomic E-state index is 0. The molecular weight excluding hydrogens is 418 g/mol. The van der Waals surface area contributed by atoms with Crippen LogP contribution in [0.25, 0.3) is 11.3 Å². The predicted octanol–water partition coefficient (Wildman–Crippen LogP) is 0.111. The largest absolute Gasteiger partial charge is 1.00 e. The summed E-state index contributed by atoms with van der Waals surface area (Å²) in [6.07, 6.45) is 1.87. The molecule has 0 atom stereocenters. The highest BCUT2D eigenvalue weighted by atomic mass is 79.9. The third-order valence-corrected chi connectivity index (χ3v) is 4.38. The van der Waals surface area contributed by atoms with E-state index in [0.717, 1.165) is 11.3 Å². The van der Waals surface area contributed by atoms with Gasteiger partial charge in [0.15, 0.2) is 5.78 Å². The Labute approximate surface area is 167 Å². The van der Waals surface area contributed by atoms with Crippen molar-refractivity contribution in [2.75, 3.05) is 12.8 Å². The lowest BCUT2D eigenvalue weighted by atomic mass is 10.1. The molecule has 2 aromatic carbocycles. The number of hydrogen-bond donors (Lipinski definition) is 1. The molecule has 0 saturated carbocycles. The van der Waals surface area contributed by atoms with Crippen LogP contribution >= 0.6 is 11.6 Å². The van der Waals surface area contributed by atoms with Gasteiger partial charge in [-0.05, 0) is 36.4 Å². The van der Waals surface area contributed by atoms with Gasteiger partial charge in [-0.3, -0.25) is 10.5 Å². The van der Waals surface area contributed by atoms with Crippen molar-refractivity contribution in [1.29, 1.82) is 0 Å². The smallest absolute Gasteiger partial charge is 0.355 e. The molecular formula is C19H19BrClN3O2. The second-order valence-corrected chi connectivity index (χ2v) is 6.16. The van der Waals surface area contributed by atoms with Gasteiger partial charge in [-0.25, -0.2) is 9.13 Å². The Morgan fingerprint density at radius 1 is 1.23 bits per heavy atom. The molecule has 7 heteroatoms. The third-order valence-electron chi connectivity index (χ3n) is 4.12. The number of nitrogens with two attached hydrogens (primary N) is 1.